The van der Waals surface area contributed by atoms with Gasteiger partial charge in [0.05, 0.1) is 35.6 Å². The standard InChI is InChI=1S/C27H29N5S/c1-2-29-15-17-30(18-16-29)20-32-22-10-4-3-9-21(22)28-27(32)19-31-23-11-5-7-13-25(23)33-26-14-8-6-12-24(26)31/h3-14H,2,15-20H2,1H3. The second-order valence-corrected chi connectivity index (χ2v) is 9.85. The lowest BCUT2D eigenvalue weighted by molar-refractivity contribution is 0.112. The summed E-state index contributed by atoms with van der Waals surface area (Å²) in [5.74, 6) is 1.12. The number of rotatable bonds is 5. The molecule has 0 unspecified atom stereocenters. The number of hydrogen-bond donors (Lipinski definition) is 0. The van der Waals surface area contributed by atoms with Crippen LogP contribution >= 0.6 is 11.8 Å². The molecule has 1 aromatic heterocycles. The van der Waals surface area contributed by atoms with Crippen molar-refractivity contribution in [3.05, 3.63) is 78.6 Å². The van der Waals surface area contributed by atoms with Crippen LogP contribution in [0.15, 0.2) is 82.6 Å². The Hall–Kier alpha value is -2.80. The summed E-state index contributed by atoms with van der Waals surface area (Å²) in [5, 5.41) is 0. The van der Waals surface area contributed by atoms with E-state index in [-0.39, 0.29) is 0 Å². The number of nitrogens with zero attached hydrogens (tertiary/aromatic N) is 5. The summed E-state index contributed by atoms with van der Waals surface area (Å²) in [6.45, 7) is 9.52. The van der Waals surface area contributed by atoms with Gasteiger partial charge in [-0.25, -0.2) is 4.98 Å². The third-order valence-corrected chi connectivity index (χ3v) is 7.95. The lowest BCUT2D eigenvalue weighted by Gasteiger charge is -2.35. The Morgan fingerprint density at radius 1 is 0.758 bits per heavy atom. The highest BCUT2D eigenvalue weighted by molar-refractivity contribution is 7.99. The van der Waals surface area contributed by atoms with Gasteiger partial charge in [0.15, 0.2) is 0 Å². The number of piperazine rings is 1. The van der Waals surface area contributed by atoms with Crippen molar-refractivity contribution in [1.82, 2.24) is 19.4 Å². The molecule has 0 amide bonds. The maximum absolute atomic E-state index is 5.13. The SMILES string of the molecule is CCN1CCN(Cn2c(CN3c4ccccc4Sc4ccccc43)nc3ccccc32)CC1. The maximum Gasteiger partial charge on any atom is 0.131 e. The summed E-state index contributed by atoms with van der Waals surface area (Å²) in [6.07, 6.45) is 0. The Labute approximate surface area is 199 Å². The Bertz CT molecular complexity index is 1230. The number of hydrogen-bond acceptors (Lipinski definition) is 5. The molecule has 33 heavy (non-hydrogen) atoms. The van der Waals surface area contributed by atoms with Crippen molar-refractivity contribution < 1.29 is 0 Å². The summed E-state index contributed by atoms with van der Waals surface area (Å²) < 4.78 is 2.43. The number of para-hydroxylation sites is 4. The molecule has 0 spiro atoms. The Morgan fingerprint density at radius 2 is 1.36 bits per heavy atom. The second-order valence-electron chi connectivity index (χ2n) is 8.76. The number of fused-ring (bicyclic) bond motifs is 3. The van der Waals surface area contributed by atoms with Crippen LogP contribution in [0.2, 0.25) is 0 Å². The van der Waals surface area contributed by atoms with Gasteiger partial charge in [-0.15, -0.1) is 0 Å². The van der Waals surface area contributed by atoms with Gasteiger partial charge >= 0.3 is 0 Å². The number of imidazole rings is 1. The summed E-state index contributed by atoms with van der Waals surface area (Å²) in [7, 11) is 0. The molecule has 0 radical (unpaired) electrons. The van der Waals surface area contributed by atoms with Crippen LogP contribution < -0.4 is 4.90 Å². The van der Waals surface area contributed by atoms with E-state index in [1.807, 2.05) is 11.8 Å². The molecule has 3 aromatic carbocycles. The fourth-order valence-corrected chi connectivity index (χ4v) is 6.04. The van der Waals surface area contributed by atoms with Crippen LogP contribution in [0.3, 0.4) is 0 Å². The van der Waals surface area contributed by atoms with E-state index in [0.29, 0.717) is 0 Å². The fourth-order valence-electron chi connectivity index (χ4n) is 4.94. The molecule has 2 aliphatic rings. The van der Waals surface area contributed by atoms with Gasteiger partial charge in [-0.05, 0) is 42.9 Å². The van der Waals surface area contributed by atoms with Crippen LogP contribution in [0.5, 0.6) is 0 Å². The third kappa shape index (κ3) is 3.92. The van der Waals surface area contributed by atoms with Crippen molar-refractivity contribution >= 4 is 34.2 Å². The summed E-state index contributed by atoms with van der Waals surface area (Å²) >= 11 is 1.86. The number of anilines is 2. The van der Waals surface area contributed by atoms with Gasteiger partial charge in [-0.1, -0.05) is 55.1 Å². The highest BCUT2D eigenvalue weighted by Gasteiger charge is 2.26. The van der Waals surface area contributed by atoms with Gasteiger partial charge in [0.2, 0.25) is 0 Å². The average Bonchev–Trinajstić information content (AvgIpc) is 3.21. The Balaban J connectivity index is 1.38. The van der Waals surface area contributed by atoms with E-state index in [4.69, 9.17) is 4.98 Å². The first-order valence-electron chi connectivity index (χ1n) is 11.8. The van der Waals surface area contributed by atoms with Crippen LogP contribution in [0.25, 0.3) is 11.0 Å². The molecule has 168 valence electrons. The first kappa shape index (κ1) is 20.8. The van der Waals surface area contributed by atoms with E-state index in [0.717, 1.165) is 57.3 Å². The van der Waals surface area contributed by atoms with E-state index in [1.165, 1.54) is 26.7 Å². The number of aromatic nitrogens is 2. The largest absolute Gasteiger partial charge is 0.332 e. The van der Waals surface area contributed by atoms with Gasteiger partial charge < -0.3 is 14.4 Å². The van der Waals surface area contributed by atoms with Crippen molar-refractivity contribution in [3.63, 3.8) is 0 Å². The molecule has 6 rings (SSSR count). The molecule has 1 saturated heterocycles. The maximum atomic E-state index is 5.13. The zero-order valence-electron chi connectivity index (χ0n) is 19.0. The van der Waals surface area contributed by atoms with Gasteiger partial charge in [0.25, 0.3) is 0 Å². The van der Waals surface area contributed by atoms with Gasteiger partial charge in [-0.2, -0.15) is 0 Å². The third-order valence-electron chi connectivity index (χ3n) is 6.82. The van der Waals surface area contributed by atoms with E-state index in [2.05, 4.69) is 99.0 Å². The molecule has 0 N–H and O–H groups in total. The highest BCUT2D eigenvalue weighted by Crippen LogP contribution is 2.48. The Kier molecular flexibility index (Phi) is 5.58. The predicted molar refractivity (Wildman–Crippen MR) is 136 cm³/mol. The van der Waals surface area contributed by atoms with E-state index >= 15 is 0 Å². The molecule has 0 aliphatic carbocycles. The smallest absolute Gasteiger partial charge is 0.131 e. The topological polar surface area (TPSA) is 27.5 Å². The highest BCUT2D eigenvalue weighted by atomic mass is 32.2. The van der Waals surface area contributed by atoms with Crippen LogP contribution in [0.4, 0.5) is 11.4 Å². The molecule has 6 heteroatoms. The minimum Gasteiger partial charge on any atom is -0.332 e. The van der Waals surface area contributed by atoms with Gasteiger partial charge in [0.1, 0.15) is 5.82 Å². The quantitative estimate of drug-likeness (QED) is 0.400. The van der Waals surface area contributed by atoms with Crippen molar-refractivity contribution in [3.8, 4) is 0 Å². The molecule has 0 atom stereocenters. The lowest BCUT2D eigenvalue weighted by Crippen LogP contribution is -2.46. The molecule has 3 heterocycles. The zero-order chi connectivity index (χ0) is 22.2. The number of likely N-dealkylation sites (N-methyl/N-ethyl adjacent to an activating group) is 1. The van der Waals surface area contributed by atoms with Crippen molar-refractivity contribution in [2.45, 2.75) is 29.9 Å². The molecule has 1 fully saturated rings. The van der Waals surface area contributed by atoms with Crippen molar-refractivity contribution in [2.75, 3.05) is 37.6 Å². The molecule has 4 aromatic rings. The number of benzene rings is 3. The molecule has 5 nitrogen and oxygen atoms in total. The molecule has 2 aliphatic heterocycles. The minimum atomic E-state index is 0.748. The van der Waals surface area contributed by atoms with E-state index in [1.54, 1.807) is 0 Å². The predicted octanol–water partition coefficient (Wildman–Crippen LogP) is 5.43. The molecule has 0 saturated carbocycles. The minimum absolute atomic E-state index is 0.748. The molecular formula is C27H29N5S. The van der Waals surface area contributed by atoms with Crippen LogP contribution in [0.1, 0.15) is 12.7 Å². The lowest BCUT2D eigenvalue weighted by atomic mass is 10.2. The van der Waals surface area contributed by atoms with Crippen molar-refractivity contribution in [2.24, 2.45) is 0 Å². The second kappa shape index (κ2) is 8.86. The first-order valence-corrected chi connectivity index (χ1v) is 12.6. The normalized spacial score (nSPS) is 16.7. The average molecular weight is 456 g/mol. The molecular weight excluding hydrogens is 426 g/mol. The zero-order valence-corrected chi connectivity index (χ0v) is 19.8. The first-order chi connectivity index (χ1) is 16.3. The summed E-state index contributed by atoms with van der Waals surface area (Å²) in [6, 6.07) is 26.0. The van der Waals surface area contributed by atoms with Crippen LogP contribution in [-0.4, -0.2) is 52.1 Å². The Morgan fingerprint density at radius 3 is 2.06 bits per heavy atom. The fraction of sp³-hybridized carbons (Fsp3) is 0.296. The summed E-state index contributed by atoms with van der Waals surface area (Å²) in [5.41, 5.74) is 4.82. The molecule has 0 bridgehead atoms. The monoisotopic (exact) mass is 455 g/mol. The summed E-state index contributed by atoms with van der Waals surface area (Å²) in [4.78, 5) is 15.3. The van der Waals surface area contributed by atoms with Crippen LogP contribution in [-0.2, 0) is 13.2 Å². The van der Waals surface area contributed by atoms with Gasteiger partial charge in [0, 0.05) is 36.0 Å². The van der Waals surface area contributed by atoms with Crippen LogP contribution in [0, 0.1) is 0 Å². The van der Waals surface area contributed by atoms with Crippen molar-refractivity contribution in [1.29, 1.82) is 0 Å². The van der Waals surface area contributed by atoms with E-state index in [9.17, 15) is 0 Å². The van der Waals surface area contributed by atoms with Gasteiger partial charge in [-0.3, -0.25) is 4.90 Å². The van der Waals surface area contributed by atoms with E-state index < -0.39 is 0 Å².